The van der Waals surface area contributed by atoms with Crippen LogP contribution >= 0.6 is 11.8 Å². The lowest BCUT2D eigenvalue weighted by Gasteiger charge is -1.95. The van der Waals surface area contributed by atoms with Crippen LogP contribution in [-0.4, -0.2) is 32.0 Å². The first-order chi connectivity index (χ1) is 10.2. The molecule has 21 heavy (non-hydrogen) atoms. The number of hydrogen-bond donors (Lipinski definition) is 2. The average Bonchev–Trinajstić information content (AvgIpc) is 3.15. The van der Waals surface area contributed by atoms with Crippen molar-refractivity contribution >= 4 is 17.7 Å². The highest BCUT2D eigenvalue weighted by Crippen LogP contribution is 2.27. The summed E-state index contributed by atoms with van der Waals surface area (Å²) in [4.78, 5) is 14.7. The molecule has 3 aromatic rings. The van der Waals surface area contributed by atoms with E-state index in [1.54, 1.807) is 6.07 Å². The van der Waals surface area contributed by atoms with Crippen LogP contribution in [0.4, 0.5) is 0 Å². The standard InChI is InChI=1S/C14H11N3O3S/c18-12(19)8-21-14-15-13(16-17-14)11-7-6-10(20-11)9-4-2-1-3-5-9/h1-7H,8H2,(H,18,19)(H,15,16,17). The Morgan fingerprint density at radius 1 is 1.19 bits per heavy atom. The van der Waals surface area contributed by atoms with Crippen LogP contribution < -0.4 is 0 Å². The number of hydrogen-bond acceptors (Lipinski definition) is 5. The van der Waals surface area contributed by atoms with Crippen molar-refractivity contribution in [3.8, 4) is 22.9 Å². The molecule has 0 aliphatic heterocycles. The van der Waals surface area contributed by atoms with Crippen LogP contribution in [0.1, 0.15) is 0 Å². The van der Waals surface area contributed by atoms with E-state index in [0.29, 0.717) is 16.7 Å². The fourth-order valence-corrected chi connectivity index (χ4v) is 2.29. The minimum atomic E-state index is -0.907. The van der Waals surface area contributed by atoms with E-state index in [1.165, 1.54) is 0 Å². The number of carboxylic acid groups (broad SMARTS) is 1. The third kappa shape index (κ3) is 3.14. The van der Waals surface area contributed by atoms with Crippen LogP contribution in [0.25, 0.3) is 22.9 Å². The van der Waals surface area contributed by atoms with Gasteiger partial charge in [-0.25, -0.2) is 0 Å². The van der Waals surface area contributed by atoms with Gasteiger partial charge in [-0.2, -0.15) is 4.98 Å². The number of furan rings is 1. The molecule has 0 saturated heterocycles. The topological polar surface area (TPSA) is 92.0 Å². The Labute approximate surface area is 124 Å². The van der Waals surface area contributed by atoms with Gasteiger partial charge in [-0.15, -0.1) is 5.10 Å². The number of aromatic nitrogens is 3. The molecule has 7 heteroatoms. The van der Waals surface area contributed by atoms with Gasteiger partial charge in [0.1, 0.15) is 5.76 Å². The number of aliphatic carboxylic acids is 1. The van der Waals surface area contributed by atoms with Gasteiger partial charge in [0.2, 0.25) is 5.16 Å². The van der Waals surface area contributed by atoms with Gasteiger partial charge in [0.05, 0.1) is 5.75 Å². The van der Waals surface area contributed by atoms with Crippen LogP contribution in [0.2, 0.25) is 0 Å². The molecule has 2 N–H and O–H groups in total. The normalized spacial score (nSPS) is 10.7. The van der Waals surface area contributed by atoms with E-state index in [1.807, 2.05) is 36.4 Å². The minimum Gasteiger partial charge on any atom is -0.481 e. The first-order valence-electron chi connectivity index (χ1n) is 6.15. The van der Waals surface area contributed by atoms with Crippen LogP contribution in [-0.2, 0) is 4.79 Å². The second-order valence-corrected chi connectivity index (χ2v) is 5.12. The molecule has 0 bridgehead atoms. The summed E-state index contributed by atoms with van der Waals surface area (Å²) in [5.41, 5.74) is 0.976. The first kappa shape index (κ1) is 13.4. The number of rotatable bonds is 5. The smallest absolute Gasteiger partial charge is 0.313 e. The van der Waals surface area contributed by atoms with Crippen LogP contribution in [0.15, 0.2) is 52.0 Å². The molecule has 3 rings (SSSR count). The Balaban J connectivity index is 1.79. The van der Waals surface area contributed by atoms with E-state index in [2.05, 4.69) is 15.2 Å². The van der Waals surface area contributed by atoms with E-state index in [0.717, 1.165) is 23.1 Å². The summed E-state index contributed by atoms with van der Waals surface area (Å²) in [7, 11) is 0. The van der Waals surface area contributed by atoms with Gasteiger partial charge in [-0.3, -0.25) is 9.89 Å². The second-order valence-electron chi connectivity index (χ2n) is 4.18. The number of H-pyrrole nitrogens is 1. The summed E-state index contributed by atoms with van der Waals surface area (Å²) in [5.74, 6) is 0.788. The van der Waals surface area contributed by atoms with Gasteiger partial charge in [-0.05, 0) is 12.1 Å². The van der Waals surface area contributed by atoms with Crippen LogP contribution in [0.5, 0.6) is 0 Å². The number of carbonyl (C=O) groups is 1. The molecule has 0 atom stereocenters. The maximum atomic E-state index is 10.5. The first-order valence-corrected chi connectivity index (χ1v) is 7.13. The van der Waals surface area contributed by atoms with E-state index in [4.69, 9.17) is 9.52 Å². The van der Waals surface area contributed by atoms with Crippen molar-refractivity contribution in [2.24, 2.45) is 0 Å². The number of benzene rings is 1. The summed E-state index contributed by atoms with van der Waals surface area (Å²) in [6.07, 6.45) is 0. The van der Waals surface area contributed by atoms with Gasteiger partial charge in [0.25, 0.3) is 0 Å². The molecule has 0 radical (unpaired) electrons. The highest BCUT2D eigenvalue weighted by atomic mass is 32.2. The fourth-order valence-electron chi connectivity index (χ4n) is 1.77. The van der Waals surface area contributed by atoms with Crippen molar-refractivity contribution in [1.82, 2.24) is 15.2 Å². The van der Waals surface area contributed by atoms with Crippen molar-refractivity contribution in [1.29, 1.82) is 0 Å². The fraction of sp³-hybridized carbons (Fsp3) is 0.0714. The monoisotopic (exact) mass is 301 g/mol. The Morgan fingerprint density at radius 2 is 1.95 bits per heavy atom. The van der Waals surface area contributed by atoms with E-state index < -0.39 is 5.97 Å². The van der Waals surface area contributed by atoms with Crippen LogP contribution in [0, 0.1) is 0 Å². The summed E-state index contributed by atoms with van der Waals surface area (Å²) in [6, 6.07) is 13.4. The number of aromatic amines is 1. The highest BCUT2D eigenvalue weighted by molar-refractivity contribution is 7.99. The lowest BCUT2D eigenvalue weighted by Crippen LogP contribution is -1.97. The Kier molecular flexibility index (Phi) is 3.74. The molecular formula is C14H11N3O3S. The molecule has 2 heterocycles. The van der Waals surface area contributed by atoms with Crippen LogP contribution in [0.3, 0.4) is 0 Å². The predicted octanol–water partition coefficient (Wildman–Crippen LogP) is 2.91. The second kappa shape index (κ2) is 5.84. The molecule has 0 aliphatic rings. The quantitative estimate of drug-likeness (QED) is 0.704. The largest absolute Gasteiger partial charge is 0.481 e. The summed E-state index contributed by atoms with van der Waals surface area (Å²) in [5, 5.41) is 15.7. The molecule has 1 aromatic carbocycles. The highest BCUT2D eigenvalue weighted by Gasteiger charge is 2.12. The van der Waals surface area contributed by atoms with Crippen molar-refractivity contribution in [2.45, 2.75) is 5.16 Å². The molecule has 2 aromatic heterocycles. The number of carboxylic acids is 1. The zero-order valence-electron chi connectivity index (χ0n) is 10.8. The van der Waals surface area contributed by atoms with Gasteiger partial charge >= 0.3 is 5.97 Å². The summed E-state index contributed by atoms with van der Waals surface area (Å²) < 4.78 is 5.74. The minimum absolute atomic E-state index is 0.0787. The average molecular weight is 301 g/mol. The maximum Gasteiger partial charge on any atom is 0.313 e. The van der Waals surface area contributed by atoms with Gasteiger partial charge in [0.15, 0.2) is 11.6 Å². The third-order valence-corrected chi connectivity index (χ3v) is 3.52. The predicted molar refractivity (Wildman–Crippen MR) is 77.9 cm³/mol. The SMILES string of the molecule is O=C(O)CSc1n[nH]c(-c2ccc(-c3ccccc3)o2)n1. The zero-order valence-corrected chi connectivity index (χ0v) is 11.6. The number of nitrogens with one attached hydrogen (secondary N) is 1. The molecule has 0 spiro atoms. The van der Waals surface area contributed by atoms with Gasteiger partial charge < -0.3 is 9.52 Å². The van der Waals surface area contributed by atoms with Crippen molar-refractivity contribution in [3.63, 3.8) is 0 Å². The Hall–Kier alpha value is -2.54. The van der Waals surface area contributed by atoms with Crippen molar-refractivity contribution in [2.75, 3.05) is 5.75 Å². The van der Waals surface area contributed by atoms with Crippen molar-refractivity contribution < 1.29 is 14.3 Å². The number of nitrogens with zero attached hydrogens (tertiary/aromatic N) is 2. The van der Waals surface area contributed by atoms with Gasteiger partial charge in [-0.1, -0.05) is 42.1 Å². The molecule has 0 saturated carbocycles. The Bertz CT molecular complexity index is 752. The summed E-state index contributed by atoms with van der Waals surface area (Å²) >= 11 is 1.05. The maximum absolute atomic E-state index is 10.5. The molecule has 0 unspecified atom stereocenters. The molecule has 0 fully saturated rings. The lowest BCUT2D eigenvalue weighted by molar-refractivity contribution is -0.133. The van der Waals surface area contributed by atoms with E-state index >= 15 is 0 Å². The third-order valence-electron chi connectivity index (χ3n) is 2.69. The van der Waals surface area contributed by atoms with Crippen molar-refractivity contribution in [3.05, 3.63) is 42.5 Å². The summed E-state index contributed by atoms with van der Waals surface area (Å²) in [6.45, 7) is 0. The molecular weight excluding hydrogens is 290 g/mol. The van der Waals surface area contributed by atoms with E-state index in [-0.39, 0.29) is 5.75 Å². The number of thioether (sulfide) groups is 1. The Morgan fingerprint density at radius 3 is 2.71 bits per heavy atom. The molecule has 0 amide bonds. The molecule has 106 valence electrons. The van der Waals surface area contributed by atoms with Gasteiger partial charge in [0, 0.05) is 5.56 Å². The lowest BCUT2D eigenvalue weighted by atomic mass is 10.2. The molecule has 6 nitrogen and oxygen atoms in total. The zero-order chi connectivity index (χ0) is 14.7. The van der Waals surface area contributed by atoms with E-state index in [9.17, 15) is 4.79 Å². The molecule has 0 aliphatic carbocycles.